The first-order valence-electron chi connectivity index (χ1n) is 9.15. The fourth-order valence-electron chi connectivity index (χ4n) is 3.59. The molecule has 2 aromatic rings. The number of aliphatic hydroxyl groups is 3. The molecule has 2 aromatic carbocycles. The van der Waals surface area contributed by atoms with Crippen molar-refractivity contribution in [2.24, 2.45) is 0 Å². The molecular weight excluding hydrogens is 384 g/mol. The molecule has 0 spiro atoms. The standard InChI is InChI=1S/C20H22O9/c21-10-3-1-9(2-4-10)19-16(29-20-18(26)17(25)14(24)8-27-20)7-12-13(23)5-11(22)6-15(12)28-19/h1-6,14,16-26H,7-8H2/t14-,16-,17-,18-,19-,20-/m0/s1. The zero-order valence-electron chi connectivity index (χ0n) is 15.3. The summed E-state index contributed by atoms with van der Waals surface area (Å²) in [5.41, 5.74) is 1.06. The van der Waals surface area contributed by atoms with Crippen molar-refractivity contribution < 1.29 is 44.8 Å². The fourth-order valence-corrected chi connectivity index (χ4v) is 3.59. The van der Waals surface area contributed by atoms with Crippen molar-refractivity contribution in [1.29, 1.82) is 0 Å². The number of phenols is 3. The minimum atomic E-state index is -1.48. The van der Waals surface area contributed by atoms with Crippen LogP contribution in [0.3, 0.4) is 0 Å². The Balaban J connectivity index is 1.65. The number of aliphatic hydroxyl groups excluding tert-OH is 3. The zero-order chi connectivity index (χ0) is 20.7. The molecule has 0 aromatic heterocycles. The number of benzene rings is 2. The van der Waals surface area contributed by atoms with Gasteiger partial charge in [-0.3, -0.25) is 0 Å². The van der Waals surface area contributed by atoms with Gasteiger partial charge in [-0.1, -0.05) is 12.1 Å². The molecule has 0 bridgehead atoms. The lowest BCUT2D eigenvalue weighted by Crippen LogP contribution is -2.55. The Morgan fingerprint density at radius 3 is 2.34 bits per heavy atom. The molecule has 9 heteroatoms. The van der Waals surface area contributed by atoms with Crippen molar-refractivity contribution in [3.8, 4) is 23.0 Å². The lowest BCUT2D eigenvalue weighted by molar-refractivity contribution is -0.290. The van der Waals surface area contributed by atoms with Crippen LogP contribution in [0.15, 0.2) is 36.4 Å². The summed E-state index contributed by atoms with van der Waals surface area (Å²) in [7, 11) is 0. The Labute approximate surface area is 166 Å². The molecule has 0 amide bonds. The molecule has 6 atom stereocenters. The molecule has 0 unspecified atom stereocenters. The third-order valence-corrected chi connectivity index (χ3v) is 5.15. The minimum Gasteiger partial charge on any atom is -0.508 e. The zero-order valence-corrected chi connectivity index (χ0v) is 15.3. The molecule has 29 heavy (non-hydrogen) atoms. The van der Waals surface area contributed by atoms with E-state index in [1.807, 2.05) is 0 Å². The lowest BCUT2D eigenvalue weighted by Gasteiger charge is -2.40. The topological polar surface area (TPSA) is 149 Å². The molecule has 2 aliphatic heterocycles. The van der Waals surface area contributed by atoms with Crippen LogP contribution in [0.1, 0.15) is 17.2 Å². The van der Waals surface area contributed by atoms with Crippen LogP contribution in [-0.2, 0) is 15.9 Å². The first-order valence-corrected chi connectivity index (χ1v) is 9.15. The molecule has 0 saturated carbocycles. The van der Waals surface area contributed by atoms with E-state index in [2.05, 4.69) is 0 Å². The lowest BCUT2D eigenvalue weighted by atomic mass is 9.93. The summed E-state index contributed by atoms with van der Waals surface area (Å²) >= 11 is 0. The number of hydrogen-bond donors (Lipinski definition) is 6. The Bertz CT molecular complexity index is 869. The molecule has 4 rings (SSSR count). The van der Waals surface area contributed by atoms with Crippen molar-refractivity contribution in [1.82, 2.24) is 0 Å². The maximum Gasteiger partial charge on any atom is 0.186 e. The van der Waals surface area contributed by atoms with Gasteiger partial charge in [-0.05, 0) is 17.7 Å². The average Bonchev–Trinajstić information content (AvgIpc) is 2.69. The predicted octanol–water partition coefficient (Wildman–Crippen LogP) is 0.304. The Morgan fingerprint density at radius 2 is 1.62 bits per heavy atom. The van der Waals surface area contributed by atoms with Crippen molar-refractivity contribution in [2.45, 2.75) is 43.2 Å². The molecule has 1 fully saturated rings. The first-order chi connectivity index (χ1) is 13.8. The number of fused-ring (bicyclic) bond motifs is 1. The third-order valence-electron chi connectivity index (χ3n) is 5.15. The van der Waals surface area contributed by atoms with Crippen molar-refractivity contribution >= 4 is 0 Å². The molecule has 156 valence electrons. The molecule has 0 radical (unpaired) electrons. The smallest absolute Gasteiger partial charge is 0.186 e. The summed E-state index contributed by atoms with van der Waals surface area (Å²) in [4.78, 5) is 0. The molecule has 0 aliphatic carbocycles. The highest BCUT2D eigenvalue weighted by atomic mass is 16.7. The summed E-state index contributed by atoms with van der Waals surface area (Å²) in [6.45, 7) is -0.212. The van der Waals surface area contributed by atoms with Gasteiger partial charge < -0.3 is 44.8 Å². The van der Waals surface area contributed by atoms with Crippen LogP contribution in [0.5, 0.6) is 23.0 Å². The molecule has 2 heterocycles. The highest BCUT2D eigenvalue weighted by Crippen LogP contribution is 2.43. The normalized spacial score (nSPS) is 31.7. The van der Waals surface area contributed by atoms with Gasteiger partial charge in [-0.2, -0.15) is 0 Å². The van der Waals surface area contributed by atoms with E-state index < -0.39 is 36.8 Å². The van der Waals surface area contributed by atoms with Crippen LogP contribution in [0, 0.1) is 0 Å². The van der Waals surface area contributed by atoms with Gasteiger partial charge in [0.15, 0.2) is 12.4 Å². The Kier molecular flexibility index (Phi) is 5.24. The second kappa shape index (κ2) is 7.69. The van der Waals surface area contributed by atoms with Gasteiger partial charge in [-0.25, -0.2) is 0 Å². The molecule has 2 aliphatic rings. The van der Waals surface area contributed by atoms with Crippen molar-refractivity contribution in [3.63, 3.8) is 0 Å². The maximum absolute atomic E-state index is 10.2. The Morgan fingerprint density at radius 1 is 0.897 bits per heavy atom. The van der Waals surface area contributed by atoms with Crippen LogP contribution in [0.4, 0.5) is 0 Å². The van der Waals surface area contributed by atoms with E-state index in [0.717, 1.165) is 0 Å². The van der Waals surface area contributed by atoms with Crippen LogP contribution in [-0.4, -0.2) is 68.0 Å². The highest BCUT2D eigenvalue weighted by Gasteiger charge is 2.42. The fraction of sp³-hybridized carbons (Fsp3) is 0.400. The first kappa shape index (κ1) is 19.7. The van der Waals surface area contributed by atoms with E-state index >= 15 is 0 Å². The van der Waals surface area contributed by atoms with Gasteiger partial charge in [-0.15, -0.1) is 0 Å². The van der Waals surface area contributed by atoms with Crippen molar-refractivity contribution in [2.75, 3.05) is 6.61 Å². The number of ether oxygens (including phenoxy) is 3. The van der Waals surface area contributed by atoms with E-state index in [-0.39, 0.29) is 36.0 Å². The molecule has 1 saturated heterocycles. The van der Waals surface area contributed by atoms with Gasteiger partial charge in [0.2, 0.25) is 0 Å². The molecule has 9 nitrogen and oxygen atoms in total. The number of hydrogen-bond acceptors (Lipinski definition) is 9. The molecule has 6 N–H and O–H groups in total. The highest BCUT2D eigenvalue weighted by molar-refractivity contribution is 5.51. The van der Waals surface area contributed by atoms with Crippen LogP contribution < -0.4 is 4.74 Å². The predicted molar refractivity (Wildman–Crippen MR) is 97.6 cm³/mol. The van der Waals surface area contributed by atoms with Gasteiger partial charge in [0, 0.05) is 24.1 Å². The van der Waals surface area contributed by atoms with E-state index in [1.165, 1.54) is 24.3 Å². The second-order valence-electron chi connectivity index (χ2n) is 7.20. The number of aromatic hydroxyl groups is 3. The van der Waals surface area contributed by atoms with E-state index in [1.54, 1.807) is 12.1 Å². The van der Waals surface area contributed by atoms with E-state index in [4.69, 9.17) is 14.2 Å². The van der Waals surface area contributed by atoms with Gasteiger partial charge in [0.1, 0.15) is 47.4 Å². The van der Waals surface area contributed by atoms with E-state index in [9.17, 15) is 30.6 Å². The largest absolute Gasteiger partial charge is 0.508 e. The van der Waals surface area contributed by atoms with Gasteiger partial charge in [0.25, 0.3) is 0 Å². The summed E-state index contributed by atoms with van der Waals surface area (Å²) < 4.78 is 17.2. The number of rotatable bonds is 3. The van der Waals surface area contributed by atoms with Crippen LogP contribution >= 0.6 is 0 Å². The summed E-state index contributed by atoms with van der Waals surface area (Å²) in [5, 5.41) is 59.3. The summed E-state index contributed by atoms with van der Waals surface area (Å²) in [5.74, 6) is 0.0217. The monoisotopic (exact) mass is 406 g/mol. The number of phenolic OH excluding ortho intramolecular Hbond substituents is 3. The Hall–Kier alpha value is -2.56. The molecular formula is C20H22O9. The van der Waals surface area contributed by atoms with Crippen LogP contribution in [0.2, 0.25) is 0 Å². The SMILES string of the molecule is Oc1ccc([C@@H]2Oc3cc(O)cc(O)c3C[C@@H]2O[C@@H]2OC[C@H](O)[C@H](O)[C@@H]2O)cc1. The van der Waals surface area contributed by atoms with Crippen molar-refractivity contribution in [3.05, 3.63) is 47.5 Å². The van der Waals surface area contributed by atoms with Gasteiger partial charge in [0.05, 0.1) is 6.61 Å². The maximum atomic E-state index is 10.2. The summed E-state index contributed by atoms with van der Waals surface area (Å²) in [6, 6.07) is 8.81. The quantitative estimate of drug-likeness (QED) is 0.423. The van der Waals surface area contributed by atoms with E-state index in [0.29, 0.717) is 11.1 Å². The second-order valence-corrected chi connectivity index (χ2v) is 7.20. The van der Waals surface area contributed by atoms with Gasteiger partial charge >= 0.3 is 0 Å². The average molecular weight is 406 g/mol. The third kappa shape index (κ3) is 3.83. The summed E-state index contributed by atoms with van der Waals surface area (Å²) in [6.07, 6.45) is -6.65. The van der Waals surface area contributed by atoms with Crippen LogP contribution in [0.25, 0.3) is 0 Å². The minimum absolute atomic E-state index is 0.0702.